The van der Waals surface area contributed by atoms with Gasteiger partial charge in [0.05, 0.1) is 16.5 Å². The fraction of sp³-hybridized carbons (Fsp3) is 0. The summed E-state index contributed by atoms with van der Waals surface area (Å²) in [5, 5.41) is 2.02. The number of rotatable bonds is 9. The standard InChI is InChI=1S/C60H42N2/c1-4-14-43(15-5-1)45-26-28-46(29-27-45)47-30-35-54(36-31-47)61(55-37-32-48(33-38-55)50-19-12-18-49(40-50)44-16-6-2-7-17-44)56-23-13-20-51(41-56)52-34-39-60-58(42-52)57-24-10-11-25-59(57)62(60)53-21-8-3-9-22-53/h1-42H/i13D,20D,23D,41D. The van der Waals surface area contributed by atoms with Crippen LogP contribution in [0.2, 0.25) is 0 Å². The van der Waals surface area contributed by atoms with Gasteiger partial charge in [-0.05, 0) is 128 Å². The third-order valence-corrected chi connectivity index (χ3v) is 11.7. The molecule has 0 aliphatic heterocycles. The predicted octanol–water partition coefficient (Wildman–Crippen LogP) is 16.6. The first kappa shape index (κ1) is 32.6. The summed E-state index contributed by atoms with van der Waals surface area (Å²) in [6, 6.07) is 78.0. The SMILES string of the molecule is [2H]c1c([2H])c(-c2ccc3c(c2)c2ccccc2n3-c2ccccc2)c([2H])c(N(c2ccc(-c3ccc(-c4ccccc4)cc3)cc2)c2ccc(-c3cccc(-c4ccccc4)c3)cc2)c1[2H]. The van der Waals surface area contributed by atoms with Crippen LogP contribution >= 0.6 is 0 Å². The fourth-order valence-electron chi connectivity index (χ4n) is 8.58. The van der Waals surface area contributed by atoms with Crippen LogP contribution in [0, 0.1) is 0 Å². The number of para-hydroxylation sites is 2. The summed E-state index contributed by atoms with van der Waals surface area (Å²) in [5.74, 6) is 0. The fourth-order valence-corrected chi connectivity index (χ4v) is 8.58. The molecule has 0 amide bonds. The van der Waals surface area contributed by atoms with Gasteiger partial charge in [-0.3, -0.25) is 0 Å². The molecule has 0 bridgehead atoms. The monoisotopic (exact) mass is 794 g/mol. The molecule has 10 aromatic carbocycles. The van der Waals surface area contributed by atoms with E-state index in [-0.39, 0.29) is 29.9 Å². The quantitative estimate of drug-likeness (QED) is 0.141. The molecule has 0 spiro atoms. The first-order valence-electron chi connectivity index (χ1n) is 22.9. The lowest BCUT2D eigenvalue weighted by atomic mass is 9.98. The molecule has 0 saturated heterocycles. The van der Waals surface area contributed by atoms with Crippen molar-refractivity contribution in [3.05, 3.63) is 255 Å². The number of anilines is 3. The summed E-state index contributed by atoms with van der Waals surface area (Å²) >= 11 is 0. The van der Waals surface area contributed by atoms with Crippen molar-refractivity contribution in [1.29, 1.82) is 0 Å². The molecule has 2 heteroatoms. The number of aromatic nitrogens is 1. The zero-order valence-electron chi connectivity index (χ0n) is 37.8. The number of hydrogen-bond acceptors (Lipinski definition) is 1. The summed E-state index contributed by atoms with van der Waals surface area (Å²) < 4.78 is 40.3. The Morgan fingerprint density at radius 2 is 0.742 bits per heavy atom. The molecule has 0 fully saturated rings. The Balaban J connectivity index is 1.04. The Morgan fingerprint density at radius 1 is 0.306 bits per heavy atom. The van der Waals surface area contributed by atoms with Crippen molar-refractivity contribution in [3.8, 4) is 61.3 Å². The second kappa shape index (κ2) is 16.1. The molecule has 0 aliphatic rings. The maximum atomic E-state index is 9.98. The van der Waals surface area contributed by atoms with Crippen molar-refractivity contribution in [2.24, 2.45) is 0 Å². The Labute approximate surface area is 368 Å². The van der Waals surface area contributed by atoms with Gasteiger partial charge in [0.15, 0.2) is 0 Å². The molecular formula is C60H42N2. The number of hydrogen-bond donors (Lipinski definition) is 0. The summed E-state index contributed by atoms with van der Waals surface area (Å²) in [5.41, 5.74) is 14.5. The van der Waals surface area contributed by atoms with Crippen LogP contribution in [-0.2, 0) is 0 Å². The molecule has 2 nitrogen and oxygen atoms in total. The van der Waals surface area contributed by atoms with Crippen molar-refractivity contribution in [1.82, 2.24) is 4.57 Å². The van der Waals surface area contributed by atoms with E-state index in [9.17, 15) is 5.48 Å². The van der Waals surface area contributed by atoms with Gasteiger partial charge in [-0.1, -0.05) is 182 Å². The summed E-state index contributed by atoms with van der Waals surface area (Å²) in [7, 11) is 0. The normalized spacial score (nSPS) is 12.1. The van der Waals surface area contributed by atoms with Gasteiger partial charge in [0.25, 0.3) is 0 Å². The van der Waals surface area contributed by atoms with E-state index >= 15 is 0 Å². The van der Waals surface area contributed by atoms with Crippen LogP contribution in [-0.4, -0.2) is 4.57 Å². The van der Waals surface area contributed by atoms with E-state index in [1.54, 1.807) is 0 Å². The molecule has 11 aromatic rings. The van der Waals surface area contributed by atoms with Crippen molar-refractivity contribution in [2.45, 2.75) is 0 Å². The van der Waals surface area contributed by atoms with Crippen molar-refractivity contribution in [2.75, 3.05) is 4.90 Å². The zero-order valence-corrected chi connectivity index (χ0v) is 33.8. The average molecular weight is 795 g/mol. The zero-order chi connectivity index (χ0) is 44.7. The maximum Gasteiger partial charge on any atom is 0.0651 e. The molecule has 0 unspecified atom stereocenters. The molecule has 0 aliphatic carbocycles. The lowest BCUT2D eigenvalue weighted by molar-refractivity contribution is 1.18. The van der Waals surface area contributed by atoms with Gasteiger partial charge in [0.2, 0.25) is 0 Å². The lowest BCUT2D eigenvalue weighted by Crippen LogP contribution is -2.10. The molecule has 11 rings (SSSR count). The van der Waals surface area contributed by atoms with Crippen LogP contribution in [0.25, 0.3) is 83.1 Å². The van der Waals surface area contributed by atoms with Crippen LogP contribution in [0.1, 0.15) is 5.48 Å². The molecule has 0 radical (unpaired) electrons. The smallest absolute Gasteiger partial charge is 0.0651 e. The van der Waals surface area contributed by atoms with Gasteiger partial charge in [-0.15, -0.1) is 0 Å². The highest BCUT2D eigenvalue weighted by molar-refractivity contribution is 6.10. The molecule has 0 atom stereocenters. The largest absolute Gasteiger partial charge is 0.310 e. The summed E-state index contributed by atoms with van der Waals surface area (Å²) in [4.78, 5) is 1.90. The molecule has 1 aromatic heterocycles. The molecule has 292 valence electrons. The average Bonchev–Trinajstić information content (AvgIpc) is 3.72. The van der Waals surface area contributed by atoms with Crippen LogP contribution < -0.4 is 4.90 Å². The highest BCUT2D eigenvalue weighted by atomic mass is 15.1. The Bertz CT molecular complexity index is 3530. The second-order valence-corrected chi connectivity index (χ2v) is 15.5. The molecular weight excluding hydrogens is 749 g/mol. The Hall–Kier alpha value is -8.20. The van der Waals surface area contributed by atoms with Gasteiger partial charge in [-0.2, -0.15) is 0 Å². The van der Waals surface area contributed by atoms with Gasteiger partial charge in [0, 0.05) is 33.5 Å². The van der Waals surface area contributed by atoms with E-state index in [1.165, 1.54) is 0 Å². The topological polar surface area (TPSA) is 8.17 Å². The Kier molecular flexibility index (Phi) is 8.47. The van der Waals surface area contributed by atoms with Gasteiger partial charge in [0.1, 0.15) is 0 Å². The third-order valence-electron chi connectivity index (χ3n) is 11.7. The molecule has 0 N–H and O–H groups in total. The summed E-state index contributed by atoms with van der Waals surface area (Å²) in [6.07, 6.45) is 0. The van der Waals surface area contributed by atoms with Crippen LogP contribution in [0.15, 0.2) is 255 Å². The third kappa shape index (κ3) is 7.04. The van der Waals surface area contributed by atoms with Crippen LogP contribution in [0.4, 0.5) is 17.1 Å². The van der Waals surface area contributed by atoms with Crippen LogP contribution in [0.5, 0.6) is 0 Å². The molecule has 0 saturated carbocycles. The van der Waals surface area contributed by atoms with Crippen molar-refractivity contribution in [3.63, 3.8) is 0 Å². The van der Waals surface area contributed by atoms with E-state index in [0.717, 1.165) is 83.4 Å². The van der Waals surface area contributed by atoms with E-state index in [0.29, 0.717) is 11.1 Å². The summed E-state index contributed by atoms with van der Waals surface area (Å²) in [6.45, 7) is 0. The van der Waals surface area contributed by atoms with Crippen molar-refractivity contribution >= 4 is 38.9 Å². The maximum absolute atomic E-state index is 9.98. The lowest BCUT2D eigenvalue weighted by Gasteiger charge is -2.26. The molecule has 1 heterocycles. The number of benzene rings is 10. The van der Waals surface area contributed by atoms with E-state index < -0.39 is 0 Å². The minimum absolute atomic E-state index is 0.00682. The van der Waals surface area contributed by atoms with Crippen LogP contribution in [0.3, 0.4) is 0 Å². The first-order chi connectivity index (χ1) is 32.4. The van der Waals surface area contributed by atoms with Crippen molar-refractivity contribution < 1.29 is 5.48 Å². The second-order valence-electron chi connectivity index (χ2n) is 15.5. The minimum Gasteiger partial charge on any atom is -0.310 e. The highest BCUT2D eigenvalue weighted by Crippen LogP contribution is 2.40. The number of fused-ring (bicyclic) bond motifs is 3. The highest BCUT2D eigenvalue weighted by Gasteiger charge is 2.17. The van der Waals surface area contributed by atoms with Gasteiger partial charge in [-0.25, -0.2) is 0 Å². The Morgan fingerprint density at radius 3 is 1.35 bits per heavy atom. The van der Waals surface area contributed by atoms with E-state index in [1.807, 2.05) is 114 Å². The van der Waals surface area contributed by atoms with Gasteiger partial charge < -0.3 is 9.47 Å². The van der Waals surface area contributed by atoms with E-state index in [4.69, 9.17) is 0 Å². The minimum atomic E-state index is -0.239. The van der Waals surface area contributed by atoms with E-state index in [2.05, 4.69) is 126 Å². The molecule has 62 heavy (non-hydrogen) atoms. The predicted molar refractivity (Wildman–Crippen MR) is 263 cm³/mol. The van der Waals surface area contributed by atoms with Gasteiger partial charge >= 0.3 is 0 Å². The number of nitrogens with zero attached hydrogens (tertiary/aromatic N) is 2. The first-order valence-corrected chi connectivity index (χ1v) is 20.9.